The number of amides is 1. The van der Waals surface area contributed by atoms with Crippen LogP contribution in [0.3, 0.4) is 0 Å². The number of nitrogens with zero attached hydrogens (tertiary/aromatic N) is 1. The van der Waals surface area contributed by atoms with Crippen molar-refractivity contribution in [1.29, 1.82) is 0 Å². The van der Waals surface area contributed by atoms with E-state index in [2.05, 4.69) is 32.7 Å². The van der Waals surface area contributed by atoms with E-state index in [0.29, 0.717) is 37.0 Å². The van der Waals surface area contributed by atoms with Gasteiger partial charge >= 0.3 is 0 Å². The highest BCUT2D eigenvalue weighted by Gasteiger charge is 2.38. The van der Waals surface area contributed by atoms with Crippen molar-refractivity contribution >= 4 is 12.2 Å². The van der Waals surface area contributed by atoms with Crippen LogP contribution in [0.2, 0.25) is 0 Å². The number of nitrogens with two attached hydrogens (primary N) is 1. The zero-order valence-electron chi connectivity index (χ0n) is 27.1. The van der Waals surface area contributed by atoms with Crippen molar-refractivity contribution in [3.05, 3.63) is 35.4 Å². The second-order valence-corrected chi connectivity index (χ2v) is 13.4. The zero-order valence-corrected chi connectivity index (χ0v) is 27.1. The molecule has 1 aromatic rings. The number of nitrogens with one attached hydrogen (secondary N) is 3. The summed E-state index contributed by atoms with van der Waals surface area (Å²) in [6.45, 7) is 8.91. The van der Waals surface area contributed by atoms with Gasteiger partial charge in [0.25, 0.3) is 0 Å². The number of ether oxygens (including phenoxy) is 1. The molecule has 244 valence electrons. The van der Waals surface area contributed by atoms with Crippen LogP contribution in [0.5, 0.6) is 0 Å². The second-order valence-electron chi connectivity index (χ2n) is 13.4. The molecule has 0 radical (unpaired) electrons. The van der Waals surface area contributed by atoms with Gasteiger partial charge in [0, 0.05) is 31.6 Å². The van der Waals surface area contributed by atoms with Crippen molar-refractivity contribution in [1.82, 2.24) is 20.9 Å². The number of likely N-dealkylation sites (N-methyl/N-ethyl adjacent to an activating group) is 1. The maximum Gasteiger partial charge on any atom is 0.227 e. The summed E-state index contributed by atoms with van der Waals surface area (Å²) in [4.78, 5) is 25.8. The Hall–Kier alpha value is -2.28. The highest BCUT2D eigenvalue weighted by molar-refractivity contribution is 5.83. The zero-order chi connectivity index (χ0) is 31.0. The minimum absolute atomic E-state index is 0.0715. The van der Waals surface area contributed by atoms with Gasteiger partial charge in [-0.1, -0.05) is 24.0 Å². The van der Waals surface area contributed by atoms with Crippen LogP contribution in [0.4, 0.5) is 0 Å². The standard InChI is InChI=1S/C31H45N3O3.C5H12N2/c1-32-30(36)29(8-3-21-35)27-7-2-5-25(23-27)6-4-22-37-28-9-13-31(14-10-28)15-19-34(20-16-31)24-26-11-17-33-18-12-26;6-5-1-3-7-4-2-5/h2,5,7,21,23,26,28-29,33H,3,8-20,22,24H2,1H3,(H,32,36);5,7H,1-4,6H2. The first-order chi connectivity index (χ1) is 21.5. The minimum atomic E-state index is -0.334. The summed E-state index contributed by atoms with van der Waals surface area (Å²) in [7, 11) is 1.63. The molecule has 1 saturated carbocycles. The molecule has 1 aromatic carbocycles. The van der Waals surface area contributed by atoms with Gasteiger partial charge in [0.1, 0.15) is 12.9 Å². The quantitative estimate of drug-likeness (QED) is 0.251. The molecule has 3 heterocycles. The molecule has 4 fully saturated rings. The fourth-order valence-corrected chi connectivity index (χ4v) is 7.34. The molecule has 1 amide bonds. The molecular formula is C36H57N5O3. The first kappa shape index (κ1) is 34.6. The van der Waals surface area contributed by atoms with Gasteiger partial charge in [0.15, 0.2) is 0 Å². The van der Waals surface area contributed by atoms with Gasteiger partial charge in [-0.25, -0.2) is 0 Å². The van der Waals surface area contributed by atoms with Crippen molar-refractivity contribution < 1.29 is 14.3 Å². The van der Waals surface area contributed by atoms with Crippen molar-refractivity contribution in [2.24, 2.45) is 17.1 Å². The Labute approximate surface area is 266 Å². The van der Waals surface area contributed by atoms with Crippen LogP contribution < -0.4 is 21.7 Å². The highest BCUT2D eigenvalue weighted by atomic mass is 16.5. The van der Waals surface area contributed by atoms with Crippen LogP contribution in [0.1, 0.15) is 94.1 Å². The Morgan fingerprint density at radius 2 is 1.75 bits per heavy atom. The van der Waals surface area contributed by atoms with E-state index in [1.54, 1.807) is 7.05 Å². The summed E-state index contributed by atoms with van der Waals surface area (Å²) in [6.07, 6.45) is 14.6. The predicted octanol–water partition coefficient (Wildman–Crippen LogP) is 3.58. The lowest BCUT2D eigenvalue weighted by Crippen LogP contribution is -2.45. The van der Waals surface area contributed by atoms with Crippen LogP contribution in [-0.2, 0) is 14.3 Å². The summed E-state index contributed by atoms with van der Waals surface area (Å²) in [5.74, 6) is 6.86. The maximum absolute atomic E-state index is 12.3. The fourth-order valence-electron chi connectivity index (χ4n) is 7.34. The van der Waals surface area contributed by atoms with E-state index in [4.69, 9.17) is 10.5 Å². The number of hydrogen-bond donors (Lipinski definition) is 4. The molecule has 1 atom stereocenters. The van der Waals surface area contributed by atoms with Gasteiger partial charge in [-0.05, 0) is 139 Å². The van der Waals surface area contributed by atoms with Gasteiger partial charge in [0.2, 0.25) is 5.91 Å². The van der Waals surface area contributed by atoms with Crippen LogP contribution in [0.15, 0.2) is 24.3 Å². The summed E-state index contributed by atoms with van der Waals surface area (Å²) in [6, 6.07) is 8.25. The van der Waals surface area contributed by atoms with E-state index in [0.717, 1.165) is 62.1 Å². The minimum Gasteiger partial charge on any atom is -0.366 e. The van der Waals surface area contributed by atoms with E-state index >= 15 is 0 Å². The summed E-state index contributed by atoms with van der Waals surface area (Å²) >= 11 is 0. The van der Waals surface area contributed by atoms with Crippen LogP contribution in [0.25, 0.3) is 0 Å². The number of piperidine rings is 3. The largest absolute Gasteiger partial charge is 0.366 e. The first-order valence-electron chi connectivity index (χ1n) is 17.3. The second kappa shape index (κ2) is 18.6. The third-order valence-corrected chi connectivity index (χ3v) is 10.3. The molecule has 1 unspecified atom stereocenters. The Kier molecular flexibility index (Phi) is 14.6. The monoisotopic (exact) mass is 607 g/mol. The predicted molar refractivity (Wildman–Crippen MR) is 177 cm³/mol. The number of carbonyl (C=O) groups is 2. The summed E-state index contributed by atoms with van der Waals surface area (Å²) < 4.78 is 6.15. The molecular weight excluding hydrogens is 550 g/mol. The number of hydrogen-bond acceptors (Lipinski definition) is 7. The Bertz CT molecular complexity index is 1060. The number of likely N-dealkylation sites (tertiary alicyclic amines) is 1. The molecule has 8 nitrogen and oxygen atoms in total. The van der Waals surface area contributed by atoms with Crippen LogP contribution >= 0.6 is 0 Å². The molecule has 5 N–H and O–H groups in total. The van der Waals surface area contributed by atoms with E-state index in [1.165, 1.54) is 71.2 Å². The number of benzene rings is 1. The molecule has 4 aliphatic rings. The summed E-state index contributed by atoms with van der Waals surface area (Å²) in [5, 5.41) is 9.43. The van der Waals surface area contributed by atoms with Crippen LogP contribution in [-0.4, -0.2) is 88.7 Å². The van der Waals surface area contributed by atoms with Crippen molar-refractivity contribution in [2.75, 3.05) is 59.5 Å². The number of carbonyl (C=O) groups excluding carboxylic acids is 2. The third kappa shape index (κ3) is 11.3. The van der Waals surface area contributed by atoms with E-state index in [1.807, 2.05) is 24.3 Å². The Balaban J connectivity index is 0.000000555. The molecule has 0 aromatic heterocycles. The van der Waals surface area contributed by atoms with E-state index in [-0.39, 0.29) is 11.8 Å². The Morgan fingerprint density at radius 3 is 2.36 bits per heavy atom. The maximum atomic E-state index is 12.3. The van der Waals surface area contributed by atoms with E-state index < -0.39 is 0 Å². The van der Waals surface area contributed by atoms with Crippen molar-refractivity contribution in [3.8, 4) is 11.8 Å². The molecule has 1 spiro atoms. The topological polar surface area (TPSA) is 109 Å². The van der Waals surface area contributed by atoms with Gasteiger partial charge in [-0.15, -0.1) is 0 Å². The average Bonchev–Trinajstić information content (AvgIpc) is 3.06. The third-order valence-electron chi connectivity index (χ3n) is 10.3. The highest BCUT2D eigenvalue weighted by Crippen LogP contribution is 2.45. The van der Waals surface area contributed by atoms with Crippen molar-refractivity contribution in [3.63, 3.8) is 0 Å². The fraction of sp³-hybridized carbons (Fsp3) is 0.722. The molecule has 5 rings (SSSR count). The molecule has 44 heavy (non-hydrogen) atoms. The lowest BCUT2D eigenvalue weighted by Gasteiger charge is -2.46. The molecule has 3 saturated heterocycles. The Morgan fingerprint density at radius 1 is 1.07 bits per heavy atom. The van der Waals surface area contributed by atoms with Gasteiger partial charge in [-0.3, -0.25) is 4.79 Å². The molecule has 0 bridgehead atoms. The van der Waals surface area contributed by atoms with Gasteiger partial charge < -0.3 is 36.1 Å². The normalized spacial score (nSPS) is 22.2. The SMILES string of the molecule is CNC(=O)C(CCC=O)c1cccc(C#CCOC2CCC3(CC2)CCN(CC2CCNCC2)CC3)c1.NC1CCNCC1. The van der Waals surface area contributed by atoms with Crippen LogP contribution in [0, 0.1) is 23.2 Å². The number of aldehydes is 1. The lowest BCUT2D eigenvalue weighted by molar-refractivity contribution is -0.122. The first-order valence-corrected chi connectivity index (χ1v) is 17.3. The average molecular weight is 608 g/mol. The van der Waals surface area contributed by atoms with Gasteiger partial charge in [-0.2, -0.15) is 0 Å². The lowest BCUT2D eigenvalue weighted by atomic mass is 9.67. The molecule has 1 aliphatic carbocycles. The smallest absolute Gasteiger partial charge is 0.227 e. The summed E-state index contributed by atoms with van der Waals surface area (Å²) in [5.41, 5.74) is 7.91. The molecule has 3 aliphatic heterocycles. The van der Waals surface area contributed by atoms with E-state index in [9.17, 15) is 9.59 Å². The molecule has 8 heteroatoms. The number of rotatable bonds is 9. The van der Waals surface area contributed by atoms with Crippen molar-refractivity contribution in [2.45, 2.75) is 95.1 Å². The van der Waals surface area contributed by atoms with Gasteiger partial charge in [0.05, 0.1) is 12.0 Å².